The molecule has 4 nitrogen and oxygen atoms in total. The molecule has 0 bridgehead atoms. The van der Waals surface area contributed by atoms with Crippen molar-refractivity contribution in [1.82, 2.24) is 0 Å². The summed E-state index contributed by atoms with van der Waals surface area (Å²) in [4.78, 5) is 0.0176. The maximum Gasteiger partial charge on any atom is 0.264 e. The van der Waals surface area contributed by atoms with E-state index in [9.17, 15) is 17.2 Å². The third kappa shape index (κ3) is 4.09. The average molecular weight is 389 g/mol. The van der Waals surface area contributed by atoms with E-state index in [1.54, 1.807) is 6.07 Å². The Morgan fingerprint density at radius 3 is 2.11 bits per heavy atom. The van der Waals surface area contributed by atoms with Crippen LogP contribution in [-0.4, -0.2) is 15.5 Å². The highest BCUT2D eigenvalue weighted by atomic mass is 32.2. The lowest BCUT2D eigenvalue weighted by molar-refractivity contribution is 0.414. The van der Waals surface area contributed by atoms with E-state index in [4.69, 9.17) is 4.74 Å². The van der Waals surface area contributed by atoms with Gasteiger partial charge in [-0.15, -0.1) is 0 Å². The molecule has 0 saturated heterocycles. The van der Waals surface area contributed by atoms with Crippen molar-refractivity contribution in [3.8, 4) is 5.75 Å². The van der Waals surface area contributed by atoms with Gasteiger partial charge in [-0.25, -0.2) is 17.2 Å². The molecule has 0 fully saturated rings. The first-order valence-corrected chi connectivity index (χ1v) is 9.51. The lowest BCUT2D eigenvalue weighted by atomic mass is 10.2. The van der Waals surface area contributed by atoms with E-state index in [2.05, 4.69) is 0 Å². The van der Waals surface area contributed by atoms with Crippen LogP contribution in [0.15, 0.2) is 77.7 Å². The molecular formula is C20H17F2NO3S. The van der Waals surface area contributed by atoms with E-state index in [0.717, 1.165) is 16.4 Å². The zero-order valence-electron chi connectivity index (χ0n) is 14.5. The summed E-state index contributed by atoms with van der Waals surface area (Å²) in [6.07, 6.45) is 0. The second-order valence-corrected chi connectivity index (χ2v) is 7.62. The maximum atomic E-state index is 14.1. The van der Waals surface area contributed by atoms with Gasteiger partial charge in [0.15, 0.2) is 0 Å². The minimum absolute atomic E-state index is 0.0176. The predicted octanol–water partition coefficient (Wildman–Crippen LogP) is 4.37. The van der Waals surface area contributed by atoms with Crippen molar-refractivity contribution in [2.75, 3.05) is 11.4 Å². The Balaban J connectivity index is 2.07. The normalized spacial score (nSPS) is 11.2. The van der Waals surface area contributed by atoms with E-state index >= 15 is 0 Å². The zero-order chi connectivity index (χ0) is 19.4. The van der Waals surface area contributed by atoms with Crippen LogP contribution in [0.5, 0.6) is 5.75 Å². The van der Waals surface area contributed by atoms with Crippen LogP contribution in [0.1, 0.15) is 5.56 Å². The van der Waals surface area contributed by atoms with Crippen LogP contribution in [-0.2, 0) is 16.6 Å². The van der Waals surface area contributed by atoms with E-state index < -0.39 is 21.7 Å². The lowest BCUT2D eigenvalue weighted by Crippen LogP contribution is -2.31. The Morgan fingerprint density at radius 1 is 0.889 bits per heavy atom. The molecule has 0 heterocycles. The Hall–Kier alpha value is -2.93. The molecule has 0 aliphatic heterocycles. The van der Waals surface area contributed by atoms with Crippen molar-refractivity contribution < 1.29 is 21.9 Å². The molecule has 0 spiro atoms. The van der Waals surface area contributed by atoms with Crippen LogP contribution in [0.3, 0.4) is 0 Å². The monoisotopic (exact) mass is 389 g/mol. The largest absolute Gasteiger partial charge is 0.497 e. The summed E-state index contributed by atoms with van der Waals surface area (Å²) in [5.41, 5.74) is 0.439. The highest BCUT2D eigenvalue weighted by Crippen LogP contribution is 2.28. The van der Waals surface area contributed by atoms with Crippen LogP contribution in [0.25, 0.3) is 0 Å². The van der Waals surface area contributed by atoms with Gasteiger partial charge >= 0.3 is 0 Å². The number of rotatable bonds is 6. The molecule has 0 atom stereocenters. The number of nitrogens with zero attached hydrogens (tertiary/aromatic N) is 1. The first-order chi connectivity index (χ1) is 12.9. The first-order valence-electron chi connectivity index (χ1n) is 8.07. The fourth-order valence-corrected chi connectivity index (χ4v) is 4.02. The molecule has 140 valence electrons. The Morgan fingerprint density at radius 2 is 1.52 bits per heavy atom. The molecule has 0 unspecified atom stereocenters. The number of methoxy groups -OCH3 is 1. The van der Waals surface area contributed by atoms with Gasteiger partial charge in [0, 0.05) is 5.56 Å². The van der Waals surface area contributed by atoms with E-state index in [1.165, 1.54) is 61.7 Å². The SMILES string of the molecule is COc1ccc(S(=O)(=O)N(Cc2ccccc2F)c2ccc(F)cc2)cc1. The molecule has 3 aromatic rings. The van der Waals surface area contributed by atoms with Gasteiger partial charge in [-0.3, -0.25) is 4.31 Å². The minimum Gasteiger partial charge on any atom is -0.497 e. The number of halogens is 2. The molecule has 27 heavy (non-hydrogen) atoms. The quantitative estimate of drug-likeness (QED) is 0.629. The fourth-order valence-electron chi connectivity index (χ4n) is 2.58. The molecule has 7 heteroatoms. The van der Waals surface area contributed by atoms with Crippen molar-refractivity contribution in [2.24, 2.45) is 0 Å². The predicted molar refractivity (Wildman–Crippen MR) is 99.2 cm³/mol. The molecule has 0 aliphatic carbocycles. The third-order valence-electron chi connectivity index (χ3n) is 4.03. The van der Waals surface area contributed by atoms with Crippen LogP contribution in [0.4, 0.5) is 14.5 Å². The summed E-state index contributed by atoms with van der Waals surface area (Å²) in [6, 6.07) is 16.8. The molecule has 0 saturated carbocycles. The van der Waals surface area contributed by atoms with Gasteiger partial charge in [-0.2, -0.15) is 0 Å². The molecule has 0 aromatic heterocycles. The van der Waals surface area contributed by atoms with Crippen molar-refractivity contribution in [3.63, 3.8) is 0 Å². The van der Waals surface area contributed by atoms with Crippen molar-refractivity contribution >= 4 is 15.7 Å². The summed E-state index contributed by atoms with van der Waals surface area (Å²) in [5, 5.41) is 0. The van der Waals surface area contributed by atoms with Crippen LogP contribution in [0.2, 0.25) is 0 Å². The number of ether oxygens (including phenoxy) is 1. The number of sulfonamides is 1. The summed E-state index contributed by atoms with van der Waals surface area (Å²) < 4.78 is 59.9. The number of benzene rings is 3. The van der Waals surface area contributed by atoms with Crippen LogP contribution in [0, 0.1) is 11.6 Å². The van der Waals surface area contributed by atoms with Gasteiger partial charge in [0.25, 0.3) is 10.0 Å². The second-order valence-electron chi connectivity index (χ2n) is 5.76. The minimum atomic E-state index is -4.02. The van der Waals surface area contributed by atoms with Gasteiger partial charge in [0.2, 0.25) is 0 Å². The Bertz CT molecular complexity index is 1020. The molecule has 3 aromatic carbocycles. The number of hydrogen-bond acceptors (Lipinski definition) is 3. The van der Waals surface area contributed by atoms with Gasteiger partial charge < -0.3 is 4.74 Å². The molecule has 0 amide bonds. The van der Waals surface area contributed by atoms with Crippen molar-refractivity contribution in [1.29, 1.82) is 0 Å². The highest BCUT2D eigenvalue weighted by molar-refractivity contribution is 7.92. The van der Waals surface area contributed by atoms with Crippen molar-refractivity contribution in [2.45, 2.75) is 11.4 Å². The number of hydrogen-bond donors (Lipinski definition) is 0. The Labute approximate surface area is 156 Å². The molecule has 0 radical (unpaired) electrons. The summed E-state index contributed by atoms with van der Waals surface area (Å²) >= 11 is 0. The Kier molecular flexibility index (Phi) is 5.41. The average Bonchev–Trinajstić information content (AvgIpc) is 2.68. The summed E-state index contributed by atoms with van der Waals surface area (Å²) in [5.74, 6) is -0.502. The zero-order valence-corrected chi connectivity index (χ0v) is 15.3. The molecule has 0 N–H and O–H groups in total. The lowest BCUT2D eigenvalue weighted by Gasteiger charge is -2.25. The second kappa shape index (κ2) is 7.75. The molecule has 0 aliphatic rings. The smallest absolute Gasteiger partial charge is 0.264 e. The first kappa shape index (κ1) is 18.8. The number of anilines is 1. The fraction of sp³-hybridized carbons (Fsp3) is 0.100. The standard InChI is InChI=1S/C20H17F2NO3S/c1-26-18-10-12-19(13-11-18)27(24,25)23(17-8-6-16(21)7-9-17)14-15-4-2-3-5-20(15)22/h2-13H,14H2,1H3. The van der Waals surface area contributed by atoms with Gasteiger partial charge in [0.05, 0.1) is 24.2 Å². The van der Waals surface area contributed by atoms with Gasteiger partial charge in [0.1, 0.15) is 17.4 Å². The van der Waals surface area contributed by atoms with Crippen LogP contribution < -0.4 is 9.04 Å². The van der Waals surface area contributed by atoms with E-state index in [-0.39, 0.29) is 22.7 Å². The van der Waals surface area contributed by atoms with Gasteiger partial charge in [-0.05, 0) is 54.6 Å². The molecule has 3 rings (SSSR count). The topological polar surface area (TPSA) is 46.6 Å². The van der Waals surface area contributed by atoms with E-state index in [0.29, 0.717) is 5.75 Å². The summed E-state index contributed by atoms with van der Waals surface area (Å²) in [7, 11) is -2.54. The van der Waals surface area contributed by atoms with Gasteiger partial charge in [-0.1, -0.05) is 18.2 Å². The third-order valence-corrected chi connectivity index (χ3v) is 5.82. The van der Waals surface area contributed by atoms with E-state index in [1.807, 2.05) is 0 Å². The molecular weight excluding hydrogens is 372 g/mol. The highest BCUT2D eigenvalue weighted by Gasteiger charge is 2.26. The summed E-state index contributed by atoms with van der Waals surface area (Å²) in [6.45, 7) is -0.229. The maximum absolute atomic E-state index is 14.1. The van der Waals surface area contributed by atoms with Crippen molar-refractivity contribution in [3.05, 3.63) is 90.0 Å². The van der Waals surface area contributed by atoms with Crippen LogP contribution >= 0.6 is 0 Å².